The van der Waals surface area contributed by atoms with Crippen LogP contribution in [0.1, 0.15) is 15.9 Å². The molecule has 0 saturated heterocycles. The van der Waals surface area contributed by atoms with Gasteiger partial charge < -0.3 is 10.4 Å². The number of carboxylic acids is 1. The van der Waals surface area contributed by atoms with E-state index in [0.717, 1.165) is 6.07 Å². The van der Waals surface area contributed by atoms with Crippen LogP contribution in [0.4, 0.5) is 15.8 Å². The van der Waals surface area contributed by atoms with Gasteiger partial charge in [0.05, 0.1) is 23.0 Å². The van der Waals surface area contributed by atoms with Crippen LogP contribution in [0, 0.1) is 17.1 Å². The number of halogens is 1. The number of carboxylic acid groups (broad SMARTS) is 1. The summed E-state index contributed by atoms with van der Waals surface area (Å²) in [7, 11) is 0. The summed E-state index contributed by atoms with van der Waals surface area (Å²) in [6.45, 7) is 0. The lowest BCUT2D eigenvalue weighted by molar-refractivity contribution is 0.0698. The Morgan fingerprint density at radius 1 is 1.42 bits per heavy atom. The van der Waals surface area contributed by atoms with Crippen LogP contribution < -0.4 is 5.32 Å². The average Bonchev–Trinajstić information content (AvgIpc) is 2.41. The molecule has 1 aromatic carbocycles. The number of hydrogen-bond donors (Lipinski definition) is 2. The molecule has 1 heterocycles. The Bertz CT molecular complexity index is 680. The molecule has 0 spiro atoms. The van der Waals surface area contributed by atoms with E-state index in [9.17, 15) is 9.18 Å². The summed E-state index contributed by atoms with van der Waals surface area (Å²) < 4.78 is 13.2. The van der Waals surface area contributed by atoms with E-state index in [0.29, 0.717) is 5.69 Å². The highest BCUT2D eigenvalue weighted by Gasteiger charge is 2.10. The molecule has 0 bridgehead atoms. The van der Waals surface area contributed by atoms with Crippen LogP contribution in [0.15, 0.2) is 36.7 Å². The topological polar surface area (TPSA) is 86.0 Å². The van der Waals surface area contributed by atoms with E-state index in [2.05, 4.69) is 10.3 Å². The zero-order valence-corrected chi connectivity index (χ0v) is 9.59. The average molecular weight is 257 g/mol. The van der Waals surface area contributed by atoms with Crippen molar-refractivity contribution in [3.05, 3.63) is 53.6 Å². The first-order valence-electron chi connectivity index (χ1n) is 5.26. The van der Waals surface area contributed by atoms with E-state index < -0.39 is 11.8 Å². The third-order valence-electron chi connectivity index (χ3n) is 2.42. The maximum Gasteiger partial charge on any atom is 0.337 e. The highest BCUT2D eigenvalue weighted by molar-refractivity contribution is 5.94. The van der Waals surface area contributed by atoms with Crippen molar-refractivity contribution in [3.8, 4) is 6.07 Å². The number of pyridine rings is 1. The zero-order chi connectivity index (χ0) is 13.8. The van der Waals surface area contributed by atoms with E-state index in [1.54, 1.807) is 6.07 Å². The fourth-order valence-corrected chi connectivity index (χ4v) is 1.52. The fourth-order valence-electron chi connectivity index (χ4n) is 1.52. The van der Waals surface area contributed by atoms with E-state index in [4.69, 9.17) is 10.4 Å². The number of nitrogens with one attached hydrogen (secondary N) is 1. The van der Waals surface area contributed by atoms with Gasteiger partial charge in [0.1, 0.15) is 11.9 Å². The molecule has 0 fully saturated rings. The molecule has 0 aliphatic heterocycles. The molecule has 6 heteroatoms. The highest BCUT2D eigenvalue weighted by atomic mass is 19.1. The first-order chi connectivity index (χ1) is 9.11. The quantitative estimate of drug-likeness (QED) is 0.882. The van der Waals surface area contributed by atoms with Gasteiger partial charge in [0.25, 0.3) is 0 Å². The van der Waals surface area contributed by atoms with Gasteiger partial charge >= 0.3 is 5.97 Å². The van der Waals surface area contributed by atoms with Gasteiger partial charge in [0.2, 0.25) is 0 Å². The van der Waals surface area contributed by atoms with Crippen molar-refractivity contribution in [1.29, 1.82) is 5.26 Å². The Kier molecular flexibility index (Phi) is 3.39. The van der Waals surface area contributed by atoms with Gasteiger partial charge in [-0.1, -0.05) is 0 Å². The van der Waals surface area contributed by atoms with Crippen LogP contribution >= 0.6 is 0 Å². The lowest BCUT2D eigenvalue weighted by Crippen LogP contribution is -2.03. The summed E-state index contributed by atoms with van der Waals surface area (Å²) in [6, 6.07) is 6.91. The number of aromatic nitrogens is 1. The maximum absolute atomic E-state index is 13.2. The molecule has 0 aliphatic rings. The third-order valence-corrected chi connectivity index (χ3v) is 2.42. The molecule has 2 aromatic rings. The Hall–Kier alpha value is -2.94. The second kappa shape index (κ2) is 5.14. The SMILES string of the molecule is N#Cc1cc(Nc2cnccc2C(=O)O)ccc1F. The van der Waals surface area contributed by atoms with Crippen molar-refractivity contribution in [3.63, 3.8) is 0 Å². The third kappa shape index (κ3) is 2.66. The van der Waals surface area contributed by atoms with Gasteiger partial charge in [0, 0.05) is 11.9 Å². The zero-order valence-electron chi connectivity index (χ0n) is 9.59. The van der Waals surface area contributed by atoms with Crippen LogP contribution in [-0.4, -0.2) is 16.1 Å². The van der Waals surface area contributed by atoms with Crippen molar-refractivity contribution in [1.82, 2.24) is 4.98 Å². The molecule has 0 saturated carbocycles. The largest absolute Gasteiger partial charge is 0.478 e. The minimum atomic E-state index is -1.10. The minimum absolute atomic E-state index is 0.0397. The fraction of sp³-hybridized carbons (Fsp3) is 0. The van der Waals surface area contributed by atoms with E-state index in [1.165, 1.54) is 30.6 Å². The highest BCUT2D eigenvalue weighted by Crippen LogP contribution is 2.21. The van der Waals surface area contributed by atoms with Gasteiger partial charge in [-0.3, -0.25) is 4.98 Å². The van der Waals surface area contributed by atoms with Crippen molar-refractivity contribution in [2.45, 2.75) is 0 Å². The molecule has 0 radical (unpaired) electrons. The number of rotatable bonds is 3. The van der Waals surface area contributed by atoms with Gasteiger partial charge in [-0.15, -0.1) is 0 Å². The standard InChI is InChI=1S/C13H8FN3O2/c14-11-2-1-9(5-8(11)6-15)17-12-7-16-4-3-10(12)13(18)19/h1-5,7,17H,(H,18,19). The van der Waals surface area contributed by atoms with Crippen molar-refractivity contribution in [2.24, 2.45) is 0 Å². The molecule has 0 atom stereocenters. The smallest absolute Gasteiger partial charge is 0.337 e. The summed E-state index contributed by atoms with van der Waals surface area (Å²) in [4.78, 5) is 14.8. The monoisotopic (exact) mass is 257 g/mol. The van der Waals surface area contributed by atoms with Crippen LogP contribution in [-0.2, 0) is 0 Å². The molecular weight excluding hydrogens is 249 g/mol. The second-order valence-corrected chi connectivity index (χ2v) is 3.66. The molecule has 0 amide bonds. The second-order valence-electron chi connectivity index (χ2n) is 3.66. The predicted molar refractivity (Wildman–Crippen MR) is 65.6 cm³/mol. The Morgan fingerprint density at radius 3 is 2.89 bits per heavy atom. The van der Waals surface area contributed by atoms with Crippen molar-refractivity contribution < 1.29 is 14.3 Å². The molecular formula is C13H8FN3O2. The number of aromatic carboxylic acids is 1. The lowest BCUT2D eigenvalue weighted by Gasteiger charge is -2.09. The molecule has 1 aromatic heterocycles. The molecule has 2 N–H and O–H groups in total. The van der Waals surface area contributed by atoms with E-state index >= 15 is 0 Å². The number of nitriles is 1. The van der Waals surface area contributed by atoms with Crippen molar-refractivity contribution >= 4 is 17.3 Å². The van der Waals surface area contributed by atoms with Crippen LogP contribution in [0.5, 0.6) is 0 Å². The number of anilines is 2. The van der Waals surface area contributed by atoms with Crippen LogP contribution in [0.2, 0.25) is 0 Å². The Labute approximate surface area is 108 Å². The number of benzene rings is 1. The molecule has 94 valence electrons. The molecule has 19 heavy (non-hydrogen) atoms. The van der Waals surface area contributed by atoms with Gasteiger partial charge in [0.15, 0.2) is 0 Å². The first-order valence-corrected chi connectivity index (χ1v) is 5.26. The number of nitrogens with zero attached hydrogens (tertiary/aromatic N) is 2. The molecule has 2 rings (SSSR count). The summed E-state index contributed by atoms with van der Waals surface area (Å²) >= 11 is 0. The van der Waals surface area contributed by atoms with Gasteiger partial charge in [-0.25, -0.2) is 9.18 Å². The molecule has 0 unspecified atom stereocenters. The summed E-state index contributed by atoms with van der Waals surface area (Å²) in [5.41, 5.74) is 0.600. The van der Waals surface area contributed by atoms with E-state index in [1.807, 2.05) is 0 Å². The number of carbonyl (C=O) groups is 1. The summed E-state index contributed by atoms with van der Waals surface area (Å²) in [6.07, 6.45) is 2.71. The maximum atomic E-state index is 13.2. The predicted octanol–water partition coefficient (Wildman–Crippen LogP) is 2.53. The lowest BCUT2D eigenvalue weighted by atomic mass is 10.2. The van der Waals surface area contributed by atoms with Gasteiger partial charge in [-0.2, -0.15) is 5.26 Å². The number of hydrogen-bond acceptors (Lipinski definition) is 4. The summed E-state index contributed by atoms with van der Waals surface area (Å²) in [5.74, 6) is -1.73. The van der Waals surface area contributed by atoms with Crippen LogP contribution in [0.3, 0.4) is 0 Å². The minimum Gasteiger partial charge on any atom is -0.478 e. The summed E-state index contributed by atoms with van der Waals surface area (Å²) in [5, 5.41) is 20.5. The molecule has 5 nitrogen and oxygen atoms in total. The first kappa shape index (κ1) is 12.5. The molecule has 0 aliphatic carbocycles. The van der Waals surface area contributed by atoms with Gasteiger partial charge in [-0.05, 0) is 24.3 Å². The van der Waals surface area contributed by atoms with E-state index in [-0.39, 0.29) is 16.8 Å². The van der Waals surface area contributed by atoms with Crippen molar-refractivity contribution in [2.75, 3.05) is 5.32 Å². The van der Waals surface area contributed by atoms with Crippen LogP contribution in [0.25, 0.3) is 0 Å². The Morgan fingerprint density at radius 2 is 2.21 bits per heavy atom. The Balaban J connectivity index is 2.37. The normalized spacial score (nSPS) is 9.68.